The fraction of sp³-hybridized carbons (Fsp3) is 0.310. The van der Waals surface area contributed by atoms with Crippen molar-refractivity contribution in [3.8, 4) is 0 Å². The average Bonchev–Trinajstić information content (AvgIpc) is 2.91. The Labute approximate surface area is 220 Å². The molecule has 0 fully saturated rings. The monoisotopic (exact) mass is 521 g/mol. The molecular formula is C29H35N3O4S. The van der Waals surface area contributed by atoms with Crippen LogP contribution in [0, 0.1) is 6.92 Å². The topological polar surface area (TPSA) is 86.8 Å². The van der Waals surface area contributed by atoms with E-state index in [1.54, 1.807) is 30.3 Å². The Kier molecular flexibility index (Phi) is 9.85. The van der Waals surface area contributed by atoms with Gasteiger partial charge in [0.25, 0.3) is 10.0 Å². The van der Waals surface area contributed by atoms with Crippen molar-refractivity contribution in [3.05, 3.63) is 96.1 Å². The molecule has 0 aliphatic carbocycles. The Bertz CT molecular complexity index is 1280. The summed E-state index contributed by atoms with van der Waals surface area (Å²) in [5.41, 5.74) is 1.99. The molecule has 1 N–H and O–H groups in total. The summed E-state index contributed by atoms with van der Waals surface area (Å²) >= 11 is 0. The largest absolute Gasteiger partial charge is 0.354 e. The van der Waals surface area contributed by atoms with Crippen LogP contribution in [0.5, 0.6) is 0 Å². The summed E-state index contributed by atoms with van der Waals surface area (Å²) < 4.78 is 28.7. The SMILES string of the molecule is CCCNC(=O)C(CC)N(Cc1ccccc1)C(=O)CN(c1ccccc1C)S(=O)(=O)c1ccccc1. The highest BCUT2D eigenvalue weighted by atomic mass is 32.2. The van der Waals surface area contributed by atoms with Gasteiger partial charge < -0.3 is 10.2 Å². The molecule has 0 aliphatic rings. The molecular weight excluding hydrogens is 486 g/mol. The molecule has 0 spiro atoms. The van der Waals surface area contributed by atoms with Crippen LogP contribution in [0.3, 0.4) is 0 Å². The van der Waals surface area contributed by atoms with Crippen LogP contribution in [0.4, 0.5) is 5.69 Å². The molecule has 0 aromatic heterocycles. The van der Waals surface area contributed by atoms with E-state index in [4.69, 9.17) is 0 Å². The Morgan fingerprint density at radius 2 is 1.46 bits per heavy atom. The van der Waals surface area contributed by atoms with Crippen LogP contribution in [0.2, 0.25) is 0 Å². The zero-order chi connectivity index (χ0) is 26.8. The van der Waals surface area contributed by atoms with E-state index in [0.717, 1.165) is 21.9 Å². The first-order chi connectivity index (χ1) is 17.8. The van der Waals surface area contributed by atoms with Gasteiger partial charge in [-0.1, -0.05) is 80.6 Å². The van der Waals surface area contributed by atoms with Crippen molar-refractivity contribution in [2.45, 2.75) is 51.1 Å². The molecule has 0 saturated carbocycles. The molecule has 8 heteroatoms. The fourth-order valence-corrected chi connectivity index (χ4v) is 5.64. The minimum Gasteiger partial charge on any atom is -0.354 e. The average molecular weight is 522 g/mol. The van der Waals surface area contributed by atoms with Crippen molar-refractivity contribution in [1.29, 1.82) is 0 Å². The van der Waals surface area contributed by atoms with E-state index in [9.17, 15) is 18.0 Å². The van der Waals surface area contributed by atoms with E-state index in [2.05, 4.69) is 5.32 Å². The second-order valence-electron chi connectivity index (χ2n) is 8.83. The first-order valence-corrected chi connectivity index (χ1v) is 14.0. The number of carbonyl (C=O) groups excluding carboxylic acids is 2. The quantitative estimate of drug-likeness (QED) is 0.380. The lowest BCUT2D eigenvalue weighted by Crippen LogP contribution is -2.52. The van der Waals surface area contributed by atoms with Crippen molar-refractivity contribution in [2.75, 3.05) is 17.4 Å². The van der Waals surface area contributed by atoms with E-state index in [0.29, 0.717) is 18.7 Å². The zero-order valence-corrected chi connectivity index (χ0v) is 22.4. The summed E-state index contributed by atoms with van der Waals surface area (Å²) in [6, 6.07) is 23.8. The highest BCUT2D eigenvalue weighted by Gasteiger charge is 2.33. The van der Waals surface area contributed by atoms with Crippen LogP contribution in [-0.2, 0) is 26.2 Å². The second kappa shape index (κ2) is 13.1. The Morgan fingerprint density at radius 1 is 0.865 bits per heavy atom. The van der Waals surface area contributed by atoms with Gasteiger partial charge in [-0.2, -0.15) is 0 Å². The number of amides is 2. The molecule has 3 rings (SSSR count). The summed E-state index contributed by atoms with van der Waals surface area (Å²) in [6.45, 7) is 5.86. The molecule has 196 valence electrons. The van der Waals surface area contributed by atoms with Crippen molar-refractivity contribution in [3.63, 3.8) is 0 Å². The molecule has 0 heterocycles. The maximum Gasteiger partial charge on any atom is 0.264 e. The van der Waals surface area contributed by atoms with Crippen LogP contribution in [-0.4, -0.2) is 44.3 Å². The third-order valence-electron chi connectivity index (χ3n) is 6.13. The molecule has 2 amide bonds. The molecule has 3 aromatic carbocycles. The highest BCUT2D eigenvalue weighted by molar-refractivity contribution is 7.92. The van der Waals surface area contributed by atoms with Crippen LogP contribution >= 0.6 is 0 Å². The lowest BCUT2D eigenvalue weighted by atomic mass is 10.1. The number of carbonyl (C=O) groups is 2. The van der Waals surface area contributed by atoms with Gasteiger partial charge in [-0.05, 0) is 49.1 Å². The number of anilines is 1. The number of nitrogens with zero attached hydrogens (tertiary/aromatic N) is 2. The molecule has 37 heavy (non-hydrogen) atoms. The van der Waals surface area contributed by atoms with Gasteiger partial charge in [0.2, 0.25) is 11.8 Å². The van der Waals surface area contributed by atoms with Gasteiger partial charge in [0.15, 0.2) is 0 Å². The molecule has 0 radical (unpaired) electrons. The predicted octanol–water partition coefficient (Wildman–Crippen LogP) is 4.52. The lowest BCUT2D eigenvalue weighted by molar-refractivity contribution is -0.140. The van der Waals surface area contributed by atoms with E-state index >= 15 is 0 Å². The van der Waals surface area contributed by atoms with Crippen LogP contribution in [0.1, 0.15) is 37.8 Å². The van der Waals surface area contributed by atoms with Crippen molar-refractivity contribution >= 4 is 27.5 Å². The minimum absolute atomic E-state index is 0.0911. The van der Waals surface area contributed by atoms with Crippen LogP contribution < -0.4 is 9.62 Å². The molecule has 0 saturated heterocycles. The minimum atomic E-state index is -4.06. The van der Waals surface area contributed by atoms with Gasteiger partial charge >= 0.3 is 0 Å². The summed E-state index contributed by atoms with van der Waals surface area (Å²) in [6.07, 6.45) is 1.16. The van der Waals surface area contributed by atoms with Gasteiger partial charge in [-0.25, -0.2) is 8.42 Å². The van der Waals surface area contributed by atoms with Crippen LogP contribution in [0.25, 0.3) is 0 Å². The normalized spacial score (nSPS) is 12.0. The Morgan fingerprint density at radius 3 is 2.05 bits per heavy atom. The van der Waals surface area contributed by atoms with Crippen molar-refractivity contribution in [1.82, 2.24) is 10.2 Å². The molecule has 1 atom stereocenters. The standard InChI is InChI=1S/C29H35N3O4S/c1-4-20-30-29(34)26(5-2)31(21-24-15-8-6-9-16-24)28(33)22-32(27-19-13-12-14-23(27)3)37(35,36)25-17-10-7-11-18-25/h6-19,26H,4-5,20-22H2,1-3H3,(H,30,34). The first kappa shape index (κ1) is 27.9. The summed E-state index contributed by atoms with van der Waals surface area (Å²) in [5, 5.41) is 2.89. The molecule has 3 aromatic rings. The summed E-state index contributed by atoms with van der Waals surface area (Å²) in [7, 11) is -4.06. The van der Waals surface area contributed by atoms with E-state index in [-0.39, 0.29) is 17.3 Å². The van der Waals surface area contributed by atoms with E-state index in [1.807, 2.05) is 63.2 Å². The predicted molar refractivity (Wildman–Crippen MR) is 147 cm³/mol. The number of hydrogen-bond acceptors (Lipinski definition) is 4. The zero-order valence-electron chi connectivity index (χ0n) is 21.6. The lowest BCUT2D eigenvalue weighted by Gasteiger charge is -2.33. The summed E-state index contributed by atoms with van der Waals surface area (Å²) in [4.78, 5) is 28.6. The van der Waals surface area contributed by atoms with Gasteiger partial charge in [0.05, 0.1) is 10.6 Å². The first-order valence-electron chi connectivity index (χ1n) is 12.5. The van der Waals surface area contributed by atoms with Crippen LogP contribution in [0.15, 0.2) is 89.8 Å². The maximum absolute atomic E-state index is 13.9. The molecule has 7 nitrogen and oxygen atoms in total. The highest BCUT2D eigenvalue weighted by Crippen LogP contribution is 2.27. The number of para-hydroxylation sites is 1. The third-order valence-corrected chi connectivity index (χ3v) is 7.90. The Hall–Kier alpha value is -3.65. The van der Waals surface area contributed by atoms with Gasteiger partial charge in [-0.15, -0.1) is 0 Å². The molecule has 0 aliphatic heterocycles. The van der Waals surface area contributed by atoms with E-state index in [1.165, 1.54) is 17.0 Å². The van der Waals surface area contributed by atoms with Crippen molar-refractivity contribution < 1.29 is 18.0 Å². The molecule has 1 unspecified atom stereocenters. The Balaban J connectivity index is 2.04. The van der Waals surface area contributed by atoms with Gasteiger partial charge in [-0.3, -0.25) is 13.9 Å². The second-order valence-corrected chi connectivity index (χ2v) is 10.7. The van der Waals surface area contributed by atoms with Gasteiger partial charge in [0, 0.05) is 13.1 Å². The maximum atomic E-state index is 13.9. The molecule has 0 bridgehead atoms. The number of sulfonamides is 1. The third kappa shape index (κ3) is 6.98. The smallest absolute Gasteiger partial charge is 0.264 e. The summed E-state index contributed by atoms with van der Waals surface area (Å²) in [5.74, 6) is -0.702. The number of benzene rings is 3. The number of rotatable bonds is 12. The van der Waals surface area contributed by atoms with Crippen molar-refractivity contribution in [2.24, 2.45) is 0 Å². The number of aryl methyl sites for hydroxylation is 1. The fourth-order valence-electron chi connectivity index (χ4n) is 4.14. The number of nitrogens with one attached hydrogen (secondary N) is 1. The van der Waals surface area contributed by atoms with E-state index < -0.39 is 28.5 Å². The van der Waals surface area contributed by atoms with Gasteiger partial charge in [0.1, 0.15) is 12.6 Å². The number of hydrogen-bond donors (Lipinski definition) is 1.